The van der Waals surface area contributed by atoms with Gasteiger partial charge in [-0.3, -0.25) is 5.32 Å². The van der Waals surface area contributed by atoms with Gasteiger partial charge in [-0.25, -0.2) is 9.78 Å². The van der Waals surface area contributed by atoms with Crippen molar-refractivity contribution in [1.29, 1.82) is 0 Å². The summed E-state index contributed by atoms with van der Waals surface area (Å²) in [6.07, 6.45) is 0. The van der Waals surface area contributed by atoms with E-state index in [1.54, 1.807) is 29.4 Å². The highest BCUT2D eigenvalue weighted by Crippen LogP contribution is 2.23. The van der Waals surface area contributed by atoms with E-state index in [0.29, 0.717) is 5.82 Å². The summed E-state index contributed by atoms with van der Waals surface area (Å²) in [6.45, 7) is 3.91. The van der Waals surface area contributed by atoms with Gasteiger partial charge in [0.25, 0.3) is 0 Å². The number of rotatable bonds is 3. The van der Waals surface area contributed by atoms with Crippen LogP contribution in [0.2, 0.25) is 0 Å². The monoisotopic (exact) mass is 275 g/mol. The van der Waals surface area contributed by atoms with Crippen molar-refractivity contribution in [2.45, 2.75) is 19.9 Å². The molecule has 1 N–H and O–H groups in total. The quantitative estimate of drug-likeness (QED) is 0.928. The Morgan fingerprint density at radius 1 is 1.37 bits per heavy atom. The maximum Gasteiger partial charge on any atom is 0.323 e. The smallest absolute Gasteiger partial charge is 0.320 e. The van der Waals surface area contributed by atoms with Crippen molar-refractivity contribution in [2.75, 3.05) is 12.4 Å². The van der Waals surface area contributed by atoms with Gasteiger partial charge in [0.1, 0.15) is 5.82 Å². The van der Waals surface area contributed by atoms with Crippen LogP contribution in [0.15, 0.2) is 35.7 Å². The number of pyridine rings is 1. The Balaban J connectivity index is 2.03. The third kappa shape index (κ3) is 3.32. The summed E-state index contributed by atoms with van der Waals surface area (Å²) in [6, 6.07) is 9.47. The standard InChI is InChI=1S/C14H17N3OS/c1-10-6-4-8-13(15-10)16-14(18)17(3)11(2)12-7-5-9-19-12/h4-9,11H,1-3H3,(H,15,16,18). The van der Waals surface area contributed by atoms with Crippen LogP contribution in [0.1, 0.15) is 23.5 Å². The molecule has 0 saturated carbocycles. The summed E-state index contributed by atoms with van der Waals surface area (Å²) in [4.78, 5) is 19.2. The molecule has 4 nitrogen and oxygen atoms in total. The number of urea groups is 1. The fraction of sp³-hybridized carbons (Fsp3) is 0.286. The van der Waals surface area contributed by atoms with Crippen LogP contribution in [0.5, 0.6) is 0 Å². The van der Waals surface area contributed by atoms with Gasteiger partial charge in [0, 0.05) is 17.6 Å². The number of amides is 2. The van der Waals surface area contributed by atoms with Gasteiger partial charge in [0.15, 0.2) is 0 Å². The molecule has 0 aliphatic carbocycles. The second-order valence-corrected chi connectivity index (χ2v) is 5.38. The van der Waals surface area contributed by atoms with E-state index in [1.165, 1.54) is 0 Å². The van der Waals surface area contributed by atoms with Gasteiger partial charge in [0.05, 0.1) is 6.04 Å². The molecule has 0 aliphatic rings. The van der Waals surface area contributed by atoms with Crippen LogP contribution in [-0.4, -0.2) is 23.0 Å². The van der Waals surface area contributed by atoms with Crippen molar-refractivity contribution in [1.82, 2.24) is 9.88 Å². The Hall–Kier alpha value is -1.88. The second kappa shape index (κ2) is 5.84. The van der Waals surface area contributed by atoms with E-state index in [2.05, 4.69) is 10.3 Å². The minimum absolute atomic E-state index is 0.0461. The number of thiophene rings is 1. The van der Waals surface area contributed by atoms with Gasteiger partial charge in [-0.2, -0.15) is 0 Å². The highest BCUT2D eigenvalue weighted by atomic mass is 32.1. The molecule has 0 fully saturated rings. The van der Waals surface area contributed by atoms with Gasteiger partial charge in [-0.15, -0.1) is 11.3 Å². The molecule has 1 unspecified atom stereocenters. The van der Waals surface area contributed by atoms with Crippen LogP contribution in [0.4, 0.5) is 10.6 Å². The fourth-order valence-electron chi connectivity index (χ4n) is 1.71. The Labute approximate surface area is 117 Å². The maximum atomic E-state index is 12.1. The highest BCUT2D eigenvalue weighted by Gasteiger charge is 2.18. The lowest BCUT2D eigenvalue weighted by Crippen LogP contribution is -2.33. The first-order chi connectivity index (χ1) is 9.08. The number of carbonyl (C=O) groups is 1. The molecule has 2 amide bonds. The number of carbonyl (C=O) groups excluding carboxylic acids is 1. The van der Waals surface area contributed by atoms with E-state index in [9.17, 15) is 4.79 Å². The zero-order chi connectivity index (χ0) is 13.8. The van der Waals surface area contributed by atoms with Gasteiger partial charge in [-0.05, 0) is 37.4 Å². The third-order valence-corrected chi connectivity index (χ3v) is 4.02. The molecule has 2 heterocycles. The van der Waals surface area contributed by atoms with E-state index in [4.69, 9.17) is 0 Å². The Bertz CT molecular complexity index is 554. The summed E-state index contributed by atoms with van der Waals surface area (Å²) in [7, 11) is 1.79. The van der Waals surface area contributed by atoms with Crippen LogP contribution in [-0.2, 0) is 0 Å². The average molecular weight is 275 g/mol. The predicted octanol–water partition coefficient (Wildman–Crippen LogP) is 3.68. The van der Waals surface area contributed by atoms with Crippen molar-refractivity contribution >= 4 is 23.2 Å². The average Bonchev–Trinajstić information content (AvgIpc) is 2.90. The predicted molar refractivity (Wildman–Crippen MR) is 78.5 cm³/mol. The van der Waals surface area contributed by atoms with Gasteiger partial charge in [0.2, 0.25) is 0 Å². The number of nitrogens with zero attached hydrogens (tertiary/aromatic N) is 2. The number of hydrogen-bond donors (Lipinski definition) is 1. The molecule has 1 atom stereocenters. The molecule has 0 saturated heterocycles. The molecule has 0 radical (unpaired) electrons. The lowest BCUT2D eigenvalue weighted by Gasteiger charge is -2.24. The lowest BCUT2D eigenvalue weighted by atomic mass is 10.2. The first-order valence-electron chi connectivity index (χ1n) is 6.09. The number of anilines is 1. The van der Waals surface area contributed by atoms with Crippen molar-refractivity contribution in [3.8, 4) is 0 Å². The molecular weight excluding hydrogens is 258 g/mol. The summed E-state index contributed by atoms with van der Waals surface area (Å²) >= 11 is 1.65. The molecule has 2 aromatic heterocycles. The van der Waals surface area contributed by atoms with E-state index < -0.39 is 0 Å². The molecule has 19 heavy (non-hydrogen) atoms. The Morgan fingerprint density at radius 2 is 2.16 bits per heavy atom. The number of nitrogens with one attached hydrogen (secondary N) is 1. The summed E-state index contributed by atoms with van der Waals surface area (Å²) < 4.78 is 0. The molecular formula is C14H17N3OS. The molecule has 2 aromatic rings. The van der Waals surface area contributed by atoms with Gasteiger partial charge >= 0.3 is 6.03 Å². The summed E-state index contributed by atoms with van der Waals surface area (Å²) in [5, 5.41) is 4.82. The van der Waals surface area contributed by atoms with Crippen LogP contribution in [0, 0.1) is 6.92 Å². The van der Waals surface area contributed by atoms with Crippen molar-refractivity contribution in [2.24, 2.45) is 0 Å². The highest BCUT2D eigenvalue weighted by molar-refractivity contribution is 7.10. The number of aryl methyl sites for hydroxylation is 1. The van der Waals surface area contributed by atoms with E-state index in [0.717, 1.165) is 10.6 Å². The Kier molecular flexibility index (Phi) is 4.16. The molecule has 100 valence electrons. The van der Waals surface area contributed by atoms with Crippen LogP contribution < -0.4 is 5.32 Å². The van der Waals surface area contributed by atoms with E-state index in [-0.39, 0.29) is 12.1 Å². The maximum absolute atomic E-state index is 12.1. The SMILES string of the molecule is Cc1cccc(NC(=O)N(C)C(C)c2cccs2)n1. The first kappa shape index (κ1) is 13.5. The molecule has 0 aromatic carbocycles. The fourth-order valence-corrected chi connectivity index (χ4v) is 2.53. The first-order valence-corrected chi connectivity index (χ1v) is 6.97. The van der Waals surface area contributed by atoms with Gasteiger partial charge < -0.3 is 4.90 Å². The van der Waals surface area contributed by atoms with E-state index in [1.807, 2.05) is 43.5 Å². The molecule has 2 rings (SSSR count). The third-order valence-electron chi connectivity index (χ3n) is 2.98. The summed E-state index contributed by atoms with van der Waals surface area (Å²) in [5.74, 6) is 0.579. The van der Waals surface area contributed by atoms with Gasteiger partial charge in [-0.1, -0.05) is 12.1 Å². The van der Waals surface area contributed by atoms with Crippen molar-refractivity contribution in [3.63, 3.8) is 0 Å². The molecule has 0 aliphatic heterocycles. The molecule has 0 spiro atoms. The summed E-state index contributed by atoms with van der Waals surface area (Å²) in [5.41, 5.74) is 0.881. The molecule has 0 bridgehead atoms. The topological polar surface area (TPSA) is 45.2 Å². The molecule has 5 heteroatoms. The zero-order valence-electron chi connectivity index (χ0n) is 11.3. The number of aromatic nitrogens is 1. The second-order valence-electron chi connectivity index (χ2n) is 4.40. The van der Waals surface area contributed by atoms with Crippen LogP contribution >= 0.6 is 11.3 Å². The Morgan fingerprint density at radius 3 is 2.79 bits per heavy atom. The largest absolute Gasteiger partial charge is 0.323 e. The zero-order valence-corrected chi connectivity index (χ0v) is 12.1. The van der Waals surface area contributed by atoms with E-state index >= 15 is 0 Å². The lowest BCUT2D eigenvalue weighted by molar-refractivity contribution is 0.209. The number of hydrogen-bond acceptors (Lipinski definition) is 3. The normalized spacial score (nSPS) is 11.9. The van der Waals surface area contributed by atoms with Crippen molar-refractivity contribution in [3.05, 3.63) is 46.3 Å². The van der Waals surface area contributed by atoms with Crippen LogP contribution in [0.25, 0.3) is 0 Å². The minimum Gasteiger partial charge on any atom is -0.320 e. The minimum atomic E-state index is -0.154. The van der Waals surface area contributed by atoms with Crippen LogP contribution in [0.3, 0.4) is 0 Å². The van der Waals surface area contributed by atoms with Crippen molar-refractivity contribution < 1.29 is 4.79 Å².